The van der Waals surface area contributed by atoms with Gasteiger partial charge in [-0.3, -0.25) is 4.79 Å². The van der Waals surface area contributed by atoms with Crippen molar-refractivity contribution in [2.45, 2.75) is 32.7 Å². The summed E-state index contributed by atoms with van der Waals surface area (Å²) in [5.74, 6) is 2.23. The highest BCUT2D eigenvalue weighted by Gasteiger charge is 2.23. The van der Waals surface area contributed by atoms with Crippen LogP contribution in [0.2, 0.25) is 0 Å². The minimum Gasteiger partial charge on any atom is -0.493 e. The zero-order valence-electron chi connectivity index (χ0n) is 24.7. The molecule has 0 amide bonds. The molecule has 7 rings (SSSR count). The normalized spacial score (nSPS) is 12.3. The van der Waals surface area contributed by atoms with Crippen LogP contribution in [0, 0.1) is 0 Å². The Labute approximate surface area is 261 Å². The Hall–Kier alpha value is -5.49. The predicted octanol–water partition coefficient (Wildman–Crippen LogP) is 8.52. The number of aryl methyl sites for hydroxylation is 1. The van der Waals surface area contributed by atoms with E-state index in [1.165, 1.54) is 0 Å². The number of hydrogen-bond donors (Lipinski definition) is 0. The average Bonchev–Trinajstić information content (AvgIpc) is 3.10. The van der Waals surface area contributed by atoms with Crippen molar-refractivity contribution < 1.29 is 23.4 Å². The van der Waals surface area contributed by atoms with Gasteiger partial charge in [-0.05, 0) is 53.3 Å². The lowest BCUT2D eigenvalue weighted by atomic mass is 10.0. The second kappa shape index (κ2) is 13.0. The van der Waals surface area contributed by atoms with Gasteiger partial charge >= 0.3 is 0 Å². The maximum absolute atomic E-state index is 14.4. The fourth-order valence-corrected chi connectivity index (χ4v) is 5.47. The van der Waals surface area contributed by atoms with Crippen LogP contribution in [0.1, 0.15) is 28.7 Å². The van der Waals surface area contributed by atoms with E-state index in [1.54, 1.807) is 12.1 Å². The van der Waals surface area contributed by atoms with Crippen molar-refractivity contribution in [3.63, 3.8) is 0 Å². The minimum atomic E-state index is -0.311. The smallest absolute Gasteiger partial charge is 0.239 e. The fourth-order valence-electron chi connectivity index (χ4n) is 5.47. The van der Waals surface area contributed by atoms with Gasteiger partial charge in [-0.15, -0.1) is 0 Å². The molecule has 2 heterocycles. The van der Waals surface area contributed by atoms with Gasteiger partial charge in [-0.2, -0.15) is 0 Å². The number of ether oxygens (including phenoxy) is 4. The van der Waals surface area contributed by atoms with Crippen LogP contribution in [0.3, 0.4) is 0 Å². The Morgan fingerprint density at radius 3 is 1.93 bits per heavy atom. The standard InChI is InChI=1S/C39H32O6/c40-37-36-34(43-25-28-13-6-2-7-14-28)22-32(42-24-27-11-4-1-5-12-27)23-35(36)45-38(39(37)44-26-29-15-8-3-9-16-29)31-18-19-33-30(21-31)17-10-20-41-33/h1-9,11-16,18-19,21-23H,10,17,20,24-26H2. The first-order valence-electron chi connectivity index (χ1n) is 15.1. The van der Waals surface area contributed by atoms with Crippen LogP contribution in [0.25, 0.3) is 22.3 Å². The minimum absolute atomic E-state index is 0.130. The molecule has 0 aliphatic carbocycles. The van der Waals surface area contributed by atoms with E-state index in [0.29, 0.717) is 41.4 Å². The maximum atomic E-state index is 14.4. The molecule has 224 valence electrons. The highest BCUT2D eigenvalue weighted by atomic mass is 16.5. The second-order valence-electron chi connectivity index (χ2n) is 11.0. The molecule has 0 N–H and O–H groups in total. The van der Waals surface area contributed by atoms with Crippen LogP contribution in [-0.2, 0) is 26.2 Å². The van der Waals surface area contributed by atoms with Crippen molar-refractivity contribution in [2.75, 3.05) is 6.61 Å². The van der Waals surface area contributed by atoms with Gasteiger partial charge in [-0.25, -0.2) is 0 Å². The lowest BCUT2D eigenvalue weighted by Gasteiger charge is -2.19. The molecule has 0 saturated heterocycles. The van der Waals surface area contributed by atoms with Gasteiger partial charge in [0.1, 0.15) is 48.0 Å². The Bertz CT molecular complexity index is 1970. The number of benzene rings is 5. The highest BCUT2D eigenvalue weighted by Crippen LogP contribution is 2.39. The third kappa shape index (κ3) is 6.41. The van der Waals surface area contributed by atoms with E-state index < -0.39 is 0 Å². The van der Waals surface area contributed by atoms with E-state index in [-0.39, 0.29) is 24.4 Å². The van der Waals surface area contributed by atoms with Crippen LogP contribution in [0.4, 0.5) is 0 Å². The number of rotatable bonds is 10. The summed E-state index contributed by atoms with van der Waals surface area (Å²) < 4.78 is 31.2. The summed E-state index contributed by atoms with van der Waals surface area (Å²) in [6.45, 7) is 1.52. The van der Waals surface area contributed by atoms with E-state index in [0.717, 1.165) is 46.4 Å². The number of fused-ring (bicyclic) bond motifs is 2. The fraction of sp³-hybridized carbons (Fsp3) is 0.154. The summed E-state index contributed by atoms with van der Waals surface area (Å²) in [6, 6.07) is 38.9. The summed E-state index contributed by atoms with van der Waals surface area (Å²) in [6.07, 6.45) is 1.82. The summed E-state index contributed by atoms with van der Waals surface area (Å²) >= 11 is 0. The molecule has 0 saturated carbocycles. The molecular weight excluding hydrogens is 564 g/mol. The van der Waals surface area contributed by atoms with Crippen LogP contribution >= 0.6 is 0 Å². The van der Waals surface area contributed by atoms with Crippen molar-refractivity contribution in [3.8, 4) is 34.3 Å². The predicted molar refractivity (Wildman–Crippen MR) is 174 cm³/mol. The first-order chi connectivity index (χ1) is 22.2. The summed E-state index contributed by atoms with van der Waals surface area (Å²) in [5.41, 5.74) is 4.78. The van der Waals surface area contributed by atoms with Gasteiger partial charge in [0.15, 0.2) is 5.76 Å². The molecule has 6 heteroatoms. The largest absolute Gasteiger partial charge is 0.493 e. The Kier molecular flexibility index (Phi) is 8.19. The zero-order valence-corrected chi connectivity index (χ0v) is 24.7. The molecule has 1 aromatic heterocycles. The maximum Gasteiger partial charge on any atom is 0.239 e. The van der Waals surface area contributed by atoms with Crippen LogP contribution in [-0.4, -0.2) is 6.61 Å². The lowest BCUT2D eigenvalue weighted by Crippen LogP contribution is -2.12. The molecule has 0 unspecified atom stereocenters. The van der Waals surface area contributed by atoms with Crippen LogP contribution in [0.15, 0.2) is 131 Å². The molecule has 6 nitrogen and oxygen atoms in total. The van der Waals surface area contributed by atoms with Gasteiger partial charge in [0.2, 0.25) is 11.2 Å². The summed E-state index contributed by atoms with van der Waals surface area (Å²) in [5, 5.41) is 0.297. The molecule has 5 aromatic carbocycles. The first-order valence-corrected chi connectivity index (χ1v) is 15.1. The summed E-state index contributed by atoms with van der Waals surface area (Å²) in [4.78, 5) is 14.4. The SMILES string of the molecule is O=c1c(OCc2ccccc2)c(-c2ccc3c(c2)CCCO3)oc2cc(OCc3ccccc3)cc(OCc3ccccc3)c12. The van der Waals surface area contributed by atoms with Crippen molar-refractivity contribution >= 4 is 11.0 Å². The van der Waals surface area contributed by atoms with Gasteiger partial charge in [0.05, 0.1) is 6.61 Å². The van der Waals surface area contributed by atoms with Gasteiger partial charge in [0.25, 0.3) is 0 Å². The lowest BCUT2D eigenvalue weighted by molar-refractivity contribution is 0.287. The zero-order chi connectivity index (χ0) is 30.4. The Balaban J connectivity index is 1.35. The van der Waals surface area contributed by atoms with E-state index in [2.05, 4.69) is 0 Å². The first kappa shape index (κ1) is 28.3. The van der Waals surface area contributed by atoms with Gasteiger partial charge < -0.3 is 23.4 Å². The van der Waals surface area contributed by atoms with E-state index in [1.807, 2.05) is 109 Å². The van der Waals surface area contributed by atoms with Gasteiger partial charge in [0, 0.05) is 17.7 Å². The topological polar surface area (TPSA) is 67.1 Å². The van der Waals surface area contributed by atoms with Crippen LogP contribution in [0.5, 0.6) is 23.0 Å². The molecule has 0 fully saturated rings. The molecule has 0 atom stereocenters. The molecule has 0 radical (unpaired) electrons. The van der Waals surface area contributed by atoms with Gasteiger partial charge in [-0.1, -0.05) is 91.0 Å². The van der Waals surface area contributed by atoms with E-state index >= 15 is 0 Å². The Morgan fingerprint density at radius 2 is 1.27 bits per heavy atom. The Morgan fingerprint density at radius 1 is 0.644 bits per heavy atom. The average molecular weight is 597 g/mol. The number of hydrogen-bond acceptors (Lipinski definition) is 6. The molecule has 6 aromatic rings. The van der Waals surface area contributed by atoms with Crippen molar-refractivity contribution in [2.24, 2.45) is 0 Å². The van der Waals surface area contributed by atoms with Crippen molar-refractivity contribution in [3.05, 3.63) is 154 Å². The van der Waals surface area contributed by atoms with E-state index in [9.17, 15) is 4.79 Å². The molecule has 1 aliphatic rings. The monoisotopic (exact) mass is 596 g/mol. The molecule has 0 bridgehead atoms. The van der Waals surface area contributed by atoms with E-state index in [4.69, 9.17) is 23.4 Å². The third-order valence-electron chi connectivity index (χ3n) is 7.77. The van der Waals surface area contributed by atoms with Crippen LogP contribution < -0.4 is 24.4 Å². The summed E-state index contributed by atoms with van der Waals surface area (Å²) in [7, 11) is 0. The molecule has 0 spiro atoms. The third-order valence-corrected chi connectivity index (χ3v) is 7.77. The quantitative estimate of drug-likeness (QED) is 0.158. The molecule has 45 heavy (non-hydrogen) atoms. The highest BCUT2D eigenvalue weighted by molar-refractivity contribution is 5.88. The molecular formula is C39H32O6. The van der Waals surface area contributed by atoms with Crippen molar-refractivity contribution in [1.29, 1.82) is 0 Å². The molecule has 1 aliphatic heterocycles. The second-order valence-corrected chi connectivity index (χ2v) is 11.0. The van der Waals surface area contributed by atoms with Crippen molar-refractivity contribution in [1.82, 2.24) is 0 Å².